The van der Waals surface area contributed by atoms with Gasteiger partial charge in [-0.2, -0.15) is 0 Å². The Labute approximate surface area is 132 Å². The van der Waals surface area contributed by atoms with Crippen LogP contribution >= 0.6 is 0 Å². The van der Waals surface area contributed by atoms with Crippen LogP contribution in [0.3, 0.4) is 0 Å². The van der Waals surface area contributed by atoms with E-state index in [0.29, 0.717) is 0 Å². The molecule has 0 unspecified atom stereocenters. The summed E-state index contributed by atoms with van der Waals surface area (Å²) in [5, 5.41) is 3.39. The molecule has 112 valence electrons. The standard InChI is InChI=1S/C8H19N.5CO.Cr/c1-3-5-7-9-8-6-4-2;5*1-2;/h9H,3-8H2,1-2H3;;;;;;. The zero-order valence-corrected chi connectivity index (χ0v) is 13.0. The van der Waals surface area contributed by atoms with Crippen molar-refractivity contribution in [3.63, 3.8) is 0 Å². The van der Waals surface area contributed by atoms with Crippen molar-refractivity contribution in [2.45, 2.75) is 39.5 Å². The van der Waals surface area contributed by atoms with Crippen LogP contribution in [-0.2, 0) is 40.6 Å². The second-order valence-electron chi connectivity index (χ2n) is 2.46. The molecule has 0 saturated carbocycles. The molecule has 0 rings (SSSR count). The summed E-state index contributed by atoms with van der Waals surface area (Å²) in [7, 11) is 0. The average molecular weight is 321 g/mol. The molecule has 0 aliphatic carbocycles. The van der Waals surface area contributed by atoms with Crippen LogP contribution < -0.4 is 5.32 Å². The fourth-order valence-electron chi connectivity index (χ4n) is 0.729. The Bertz CT molecular complexity index is 158. The van der Waals surface area contributed by atoms with Crippen LogP contribution in [0.1, 0.15) is 39.5 Å². The Morgan fingerprint density at radius 3 is 0.950 bits per heavy atom. The summed E-state index contributed by atoms with van der Waals surface area (Å²) in [4.78, 5) is 0. The molecule has 0 aromatic heterocycles. The summed E-state index contributed by atoms with van der Waals surface area (Å²) >= 11 is 0. The van der Waals surface area contributed by atoms with Gasteiger partial charge in [-0.15, -0.1) is 0 Å². The Morgan fingerprint density at radius 2 is 0.800 bits per heavy atom. The minimum absolute atomic E-state index is 0. The second kappa shape index (κ2) is 140. The number of hydrogen-bond donors (Lipinski definition) is 1. The minimum Gasteiger partial charge on any atom is 0 e. The smallest absolute Gasteiger partial charge is 0 e. The van der Waals surface area contributed by atoms with E-state index in [9.17, 15) is 0 Å². The van der Waals surface area contributed by atoms with Crippen LogP contribution in [0.15, 0.2) is 0 Å². The molecule has 0 fully saturated rings. The third-order valence-corrected chi connectivity index (χ3v) is 1.41. The molecular formula is C13H19CrNO5. The minimum atomic E-state index is 0. The summed E-state index contributed by atoms with van der Waals surface area (Å²) in [6.45, 7) is 29.4. The van der Waals surface area contributed by atoms with Crippen molar-refractivity contribution in [2.24, 2.45) is 0 Å². The SMILES string of the molecule is CCCCNCCCC.[C-]#[O+].[C-]#[O+].[C-]#[O+].[C-]#[O+].[C-]#[O+].[Cr]. The van der Waals surface area contributed by atoms with Gasteiger partial charge in [0, 0.05) is 17.4 Å². The van der Waals surface area contributed by atoms with Crippen molar-refractivity contribution in [3.8, 4) is 0 Å². The van der Waals surface area contributed by atoms with Crippen LogP contribution in [0.2, 0.25) is 0 Å². The van der Waals surface area contributed by atoms with E-state index in [1.807, 2.05) is 0 Å². The second-order valence-corrected chi connectivity index (χ2v) is 2.46. The first-order valence-electron chi connectivity index (χ1n) is 5.14. The normalized spacial score (nSPS) is 5.00. The maximum absolute atomic E-state index is 7.50. The van der Waals surface area contributed by atoms with Gasteiger partial charge in [-0.25, -0.2) is 0 Å². The summed E-state index contributed by atoms with van der Waals surface area (Å²) in [5.74, 6) is 0. The Balaban J connectivity index is -0.0000000261. The van der Waals surface area contributed by atoms with Gasteiger partial charge in [0.25, 0.3) is 0 Å². The molecule has 0 atom stereocenters. The van der Waals surface area contributed by atoms with Gasteiger partial charge in [-0.1, -0.05) is 26.7 Å². The molecule has 0 bridgehead atoms. The first kappa shape index (κ1) is 42.7. The molecule has 7 heteroatoms. The number of unbranched alkanes of at least 4 members (excludes halogenated alkanes) is 2. The fraction of sp³-hybridized carbons (Fsp3) is 0.615. The zero-order valence-electron chi connectivity index (χ0n) is 11.7. The third-order valence-electron chi connectivity index (χ3n) is 1.41. The molecule has 0 spiro atoms. The molecule has 0 aliphatic heterocycles. The molecule has 20 heavy (non-hydrogen) atoms. The Hall–Kier alpha value is -0.808. The van der Waals surface area contributed by atoms with Gasteiger partial charge in [0.2, 0.25) is 0 Å². The van der Waals surface area contributed by atoms with E-state index in [0.717, 1.165) is 0 Å². The van der Waals surface area contributed by atoms with E-state index in [1.165, 1.54) is 38.8 Å². The van der Waals surface area contributed by atoms with Crippen LogP contribution in [0.4, 0.5) is 0 Å². The third kappa shape index (κ3) is 167. The summed E-state index contributed by atoms with van der Waals surface area (Å²) in [6.07, 6.45) is 5.26. The summed E-state index contributed by atoms with van der Waals surface area (Å²) in [5.41, 5.74) is 0. The summed E-state index contributed by atoms with van der Waals surface area (Å²) < 4.78 is 37.5. The molecule has 0 aliphatic rings. The van der Waals surface area contributed by atoms with E-state index in [2.05, 4.69) is 52.4 Å². The topological polar surface area (TPSA) is 112 Å². The first-order chi connectivity index (χ1) is 9.41. The van der Waals surface area contributed by atoms with Crippen LogP contribution in [0.25, 0.3) is 0 Å². The molecule has 6 nitrogen and oxygen atoms in total. The van der Waals surface area contributed by atoms with Gasteiger partial charge in [0.15, 0.2) is 0 Å². The van der Waals surface area contributed by atoms with E-state index in [-0.39, 0.29) is 17.4 Å². The first-order valence-corrected chi connectivity index (χ1v) is 5.14. The predicted octanol–water partition coefficient (Wildman–Crippen LogP) is 1.99. The largest absolute Gasteiger partial charge is 0 e. The van der Waals surface area contributed by atoms with Crippen molar-refractivity contribution in [2.75, 3.05) is 13.1 Å². The molecule has 0 aromatic rings. The van der Waals surface area contributed by atoms with Crippen molar-refractivity contribution in [1.29, 1.82) is 0 Å². The molecule has 0 radical (unpaired) electrons. The van der Waals surface area contributed by atoms with Crippen LogP contribution in [-0.4, -0.2) is 13.1 Å². The van der Waals surface area contributed by atoms with Crippen LogP contribution in [0, 0.1) is 33.3 Å². The van der Waals surface area contributed by atoms with Gasteiger partial charge in [0.1, 0.15) is 0 Å². The fourth-order valence-corrected chi connectivity index (χ4v) is 0.729. The monoisotopic (exact) mass is 321 g/mol. The maximum Gasteiger partial charge on any atom is 0 e. The van der Waals surface area contributed by atoms with Gasteiger partial charge in [-0.3, -0.25) is 0 Å². The average Bonchev–Trinajstić information content (AvgIpc) is 2.57. The number of nitrogens with one attached hydrogen (secondary N) is 1. The number of hydrogen-bond acceptors (Lipinski definition) is 1. The van der Waals surface area contributed by atoms with E-state index >= 15 is 0 Å². The van der Waals surface area contributed by atoms with Gasteiger partial charge in [0.05, 0.1) is 0 Å². The van der Waals surface area contributed by atoms with Gasteiger partial charge >= 0.3 is 56.5 Å². The van der Waals surface area contributed by atoms with E-state index in [1.54, 1.807) is 0 Å². The molecule has 0 heterocycles. The van der Waals surface area contributed by atoms with Gasteiger partial charge in [-0.05, 0) is 25.9 Å². The zero-order chi connectivity index (χ0) is 16.9. The van der Waals surface area contributed by atoms with E-state index < -0.39 is 0 Å². The molecular weight excluding hydrogens is 302 g/mol. The predicted molar refractivity (Wildman–Crippen MR) is 62.3 cm³/mol. The van der Waals surface area contributed by atoms with Gasteiger partial charge < -0.3 is 5.32 Å². The van der Waals surface area contributed by atoms with E-state index in [4.69, 9.17) is 23.3 Å². The molecule has 0 amide bonds. The van der Waals surface area contributed by atoms with Crippen molar-refractivity contribution >= 4 is 0 Å². The Kier molecular flexibility index (Phi) is 300. The van der Waals surface area contributed by atoms with Crippen molar-refractivity contribution in [1.82, 2.24) is 5.32 Å². The Morgan fingerprint density at radius 1 is 0.600 bits per heavy atom. The molecule has 0 aromatic carbocycles. The van der Waals surface area contributed by atoms with Crippen molar-refractivity contribution in [3.05, 3.63) is 33.3 Å². The molecule has 0 saturated heterocycles. The number of rotatable bonds is 6. The summed E-state index contributed by atoms with van der Waals surface area (Å²) in [6, 6.07) is 0. The van der Waals surface area contributed by atoms with Crippen molar-refractivity contribution < 1.29 is 40.6 Å². The quantitative estimate of drug-likeness (QED) is 0.450. The van der Waals surface area contributed by atoms with Crippen LogP contribution in [0.5, 0.6) is 0 Å². The maximum atomic E-state index is 7.50. The molecule has 1 N–H and O–H groups in total.